The summed E-state index contributed by atoms with van der Waals surface area (Å²) < 4.78 is 0. The molecule has 0 radical (unpaired) electrons. The molecule has 1 saturated heterocycles. The molecular weight excluding hydrogens is 628 g/mol. The average molecular weight is 679 g/mol. The van der Waals surface area contributed by atoms with E-state index in [9.17, 15) is 14.4 Å². The molecule has 4 saturated carbocycles. The van der Waals surface area contributed by atoms with Gasteiger partial charge in [0, 0.05) is 97.8 Å². The highest BCUT2D eigenvalue weighted by Gasteiger charge is 2.63. The molecule has 2 aromatic heterocycles. The molecule has 8 rings (SSSR count). The van der Waals surface area contributed by atoms with Crippen LogP contribution in [0.25, 0.3) is 11.1 Å². The zero-order valence-electron chi connectivity index (χ0n) is 29.7. The smallest absolute Gasteiger partial charge is 0.253 e. The number of rotatable bonds is 12. The van der Waals surface area contributed by atoms with Crippen LogP contribution in [0.5, 0.6) is 0 Å². The Morgan fingerprint density at radius 2 is 1.80 bits per heavy atom. The Kier molecular flexibility index (Phi) is 9.28. The van der Waals surface area contributed by atoms with Crippen molar-refractivity contribution in [3.8, 4) is 11.1 Å². The first-order valence-corrected chi connectivity index (χ1v) is 18.2. The molecule has 3 aromatic rings. The van der Waals surface area contributed by atoms with E-state index in [1.165, 1.54) is 31.9 Å². The molecule has 11 heteroatoms. The second-order valence-corrected chi connectivity index (χ2v) is 15.3. The number of nitrogens with one attached hydrogen (secondary N) is 5. The van der Waals surface area contributed by atoms with Crippen LogP contribution in [0.15, 0.2) is 41.3 Å². The Morgan fingerprint density at radius 1 is 1.06 bits per heavy atom. The number of aromatic amines is 1. The third-order valence-electron chi connectivity index (χ3n) is 11.6. The summed E-state index contributed by atoms with van der Waals surface area (Å²) in [6, 6.07) is 9.75. The lowest BCUT2D eigenvalue weighted by Crippen LogP contribution is -2.50. The summed E-state index contributed by atoms with van der Waals surface area (Å²) in [5, 5.41) is 17.9. The molecule has 4 bridgehead atoms. The predicted molar refractivity (Wildman–Crippen MR) is 197 cm³/mol. The number of aromatic nitrogens is 2. The van der Waals surface area contributed by atoms with E-state index in [4.69, 9.17) is 10.4 Å². The lowest BCUT2D eigenvalue weighted by Gasteiger charge is -2.36. The van der Waals surface area contributed by atoms with Gasteiger partial charge in [-0.3, -0.25) is 19.3 Å². The SMILES string of the molecule is Cc1cc(C)c(CNC(=O)c2cc(-c3ccc(N4CCN(CCC(=O)NC56CC7CC5CC7C6)CC4)nc3)cc(NC(C)C)c2C=N)c(=O)[nH]1. The van der Waals surface area contributed by atoms with Crippen LogP contribution in [-0.4, -0.2) is 77.2 Å². The quantitative estimate of drug-likeness (QED) is 0.176. The number of H-pyrrole nitrogens is 1. The molecule has 4 aliphatic carbocycles. The van der Waals surface area contributed by atoms with Crippen molar-refractivity contribution in [1.29, 1.82) is 5.41 Å². The summed E-state index contributed by atoms with van der Waals surface area (Å²) >= 11 is 0. The minimum atomic E-state index is -0.363. The fourth-order valence-corrected chi connectivity index (χ4v) is 9.22. The Hall–Kier alpha value is -4.51. The van der Waals surface area contributed by atoms with E-state index in [0.717, 1.165) is 78.7 Å². The molecule has 2 unspecified atom stereocenters. The van der Waals surface area contributed by atoms with E-state index in [1.54, 1.807) is 6.07 Å². The van der Waals surface area contributed by atoms with Crippen LogP contribution >= 0.6 is 0 Å². The van der Waals surface area contributed by atoms with Crippen LogP contribution in [0.3, 0.4) is 0 Å². The van der Waals surface area contributed by atoms with E-state index in [-0.39, 0.29) is 35.5 Å². The van der Waals surface area contributed by atoms with E-state index >= 15 is 0 Å². The topological polar surface area (TPSA) is 146 Å². The van der Waals surface area contributed by atoms with Gasteiger partial charge in [0.1, 0.15) is 5.82 Å². The molecule has 5 N–H and O–H groups in total. The number of hydrogen-bond acceptors (Lipinski definition) is 8. The maximum atomic E-state index is 13.6. The molecule has 1 aromatic carbocycles. The van der Waals surface area contributed by atoms with Crippen molar-refractivity contribution in [2.75, 3.05) is 42.9 Å². The zero-order valence-corrected chi connectivity index (χ0v) is 29.7. The first-order chi connectivity index (χ1) is 24.0. The number of nitrogens with zero attached hydrogens (tertiary/aromatic N) is 3. The van der Waals surface area contributed by atoms with Gasteiger partial charge < -0.3 is 31.2 Å². The monoisotopic (exact) mass is 678 g/mol. The molecule has 0 spiro atoms. The summed E-state index contributed by atoms with van der Waals surface area (Å²) in [7, 11) is 0. The normalized spacial score (nSPS) is 23.9. The van der Waals surface area contributed by atoms with Crippen molar-refractivity contribution in [1.82, 2.24) is 25.5 Å². The molecule has 5 fully saturated rings. The summed E-state index contributed by atoms with van der Waals surface area (Å²) in [6.07, 6.45) is 8.66. The van der Waals surface area contributed by atoms with Crippen molar-refractivity contribution < 1.29 is 9.59 Å². The van der Waals surface area contributed by atoms with E-state index in [0.29, 0.717) is 28.8 Å². The third kappa shape index (κ3) is 6.67. The largest absolute Gasteiger partial charge is 0.382 e. The zero-order chi connectivity index (χ0) is 35.2. The first kappa shape index (κ1) is 34.0. The molecule has 1 aliphatic heterocycles. The van der Waals surface area contributed by atoms with Crippen LogP contribution in [0.4, 0.5) is 11.5 Å². The summed E-state index contributed by atoms with van der Waals surface area (Å²) in [5.74, 6) is 3.20. The maximum absolute atomic E-state index is 13.6. The van der Waals surface area contributed by atoms with Crippen LogP contribution in [0.1, 0.15) is 78.7 Å². The van der Waals surface area contributed by atoms with Crippen molar-refractivity contribution >= 4 is 29.5 Å². The van der Waals surface area contributed by atoms with Crippen LogP contribution in [-0.2, 0) is 11.3 Å². The number of piperazine rings is 1. The van der Waals surface area contributed by atoms with Crippen molar-refractivity contribution in [2.45, 2.75) is 77.9 Å². The van der Waals surface area contributed by atoms with Crippen molar-refractivity contribution in [3.63, 3.8) is 0 Å². The van der Waals surface area contributed by atoms with Gasteiger partial charge in [0.05, 0.1) is 5.56 Å². The van der Waals surface area contributed by atoms with E-state index in [2.05, 4.69) is 30.7 Å². The molecule has 264 valence electrons. The van der Waals surface area contributed by atoms with E-state index in [1.807, 2.05) is 58.2 Å². The maximum Gasteiger partial charge on any atom is 0.253 e. The second-order valence-electron chi connectivity index (χ2n) is 15.3. The number of hydrogen-bond donors (Lipinski definition) is 5. The van der Waals surface area contributed by atoms with E-state index < -0.39 is 0 Å². The molecular formula is C39H50N8O3. The van der Waals surface area contributed by atoms with Crippen molar-refractivity contribution in [2.24, 2.45) is 17.8 Å². The van der Waals surface area contributed by atoms with Gasteiger partial charge in [-0.1, -0.05) is 0 Å². The van der Waals surface area contributed by atoms with Crippen LogP contribution in [0.2, 0.25) is 0 Å². The number of benzene rings is 1. The lowest BCUT2D eigenvalue weighted by atomic mass is 9.90. The lowest BCUT2D eigenvalue weighted by molar-refractivity contribution is -0.123. The summed E-state index contributed by atoms with van der Waals surface area (Å²) in [5.41, 5.74) is 5.16. The molecule has 5 aliphatic rings. The average Bonchev–Trinajstić information content (AvgIpc) is 3.82. The molecule has 11 nitrogen and oxygen atoms in total. The van der Waals surface area contributed by atoms with Gasteiger partial charge in [0.15, 0.2) is 0 Å². The van der Waals surface area contributed by atoms with Gasteiger partial charge in [0.2, 0.25) is 5.91 Å². The van der Waals surface area contributed by atoms with Crippen LogP contribution < -0.4 is 26.4 Å². The highest BCUT2D eigenvalue weighted by Crippen LogP contribution is 2.65. The number of aryl methyl sites for hydroxylation is 2. The van der Waals surface area contributed by atoms with Crippen molar-refractivity contribution in [3.05, 3.63) is 74.8 Å². The third-order valence-corrected chi connectivity index (χ3v) is 11.6. The number of pyridine rings is 2. The first-order valence-electron chi connectivity index (χ1n) is 18.2. The second kappa shape index (κ2) is 13.7. The Morgan fingerprint density at radius 3 is 2.40 bits per heavy atom. The van der Waals surface area contributed by atoms with Crippen LogP contribution in [0, 0.1) is 37.0 Å². The molecule has 2 atom stereocenters. The Labute approximate surface area is 294 Å². The molecule has 2 amide bonds. The number of carbonyl (C=O) groups excluding carboxylic acids is 2. The number of carbonyl (C=O) groups is 2. The fraction of sp³-hybridized carbons (Fsp3) is 0.513. The minimum Gasteiger partial charge on any atom is -0.382 e. The number of anilines is 2. The highest BCUT2D eigenvalue weighted by atomic mass is 16.2. The van der Waals surface area contributed by atoms with Gasteiger partial charge in [-0.2, -0.15) is 0 Å². The summed E-state index contributed by atoms with van der Waals surface area (Å²) in [6.45, 7) is 12.0. The predicted octanol–water partition coefficient (Wildman–Crippen LogP) is 4.62. The summed E-state index contributed by atoms with van der Waals surface area (Å²) in [4.78, 5) is 51.3. The molecule has 50 heavy (non-hydrogen) atoms. The number of amides is 2. The van der Waals surface area contributed by atoms with Gasteiger partial charge >= 0.3 is 0 Å². The fourth-order valence-electron chi connectivity index (χ4n) is 9.22. The van der Waals surface area contributed by atoms with Gasteiger partial charge in [0.25, 0.3) is 11.5 Å². The van der Waals surface area contributed by atoms with Gasteiger partial charge in [-0.25, -0.2) is 4.98 Å². The minimum absolute atomic E-state index is 0.0769. The molecule has 3 heterocycles. The van der Waals surface area contributed by atoms with Gasteiger partial charge in [-0.15, -0.1) is 0 Å². The Balaban J connectivity index is 0.988. The highest BCUT2D eigenvalue weighted by molar-refractivity contribution is 6.06. The standard InChI is InChI=1S/C39H50N8O3/c1-23(2)43-34-17-27(16-31(32(34)20-40)37(49)42-22-33-24(3)13-25(4)44-38(33)50)26-5-6-35(41-21-26)47-11-9-46(10-12-47)8-7-36(48)45-39-18-28-14-30(39)15-29(28)19-39/h5-6,13,16-17,20-21,23,28-30,40,43H,7-12,14-15,18-19,22H2,1-4H3,(H,42,49)(H,44,50)(H,45,48). The van der Waals surface area contributed by atoms with Gasteiger partial charge in [-0.05, 0) is 113 Å². The Bertz CT molecular complexity index is 1830.